The molecule has 0 unspecified atom stereocenters. The fourth-order valence-corrected chi connectivity index (χ4v) is 3.05. The maximum Gasteiger partial charge on any atom is 0.338 e. The Morgan fingerprint density at radius 2 is 1.69 bits per heavy atom. The molecule has 0 saturated heterocycles. The van der Waals surface area contributed by atoms with Crippen LogP contribution in [0, 0.1) is 6.92 Å². The SMILES string of the molecule is COc1ccc(C)cc1NC(=O)CNC(=O)COC(=O)c1ccc2c(c1)C(=O)N(C)C2=O. The van der Waals surface area contributed by atoms with Gasteiger partial charge >= 0.3 is 5.97 Å². The predicted molar refractivity (Wildman–Crippen MR) is 113 cm³/mol. The van der Waals surface area contributed by atoms with E-state index in [9.17, 15) is 24.0 Å². The number of amides is 4. The minimum Gasteiger partial charge on any atom is -0.495 e. The van der Waals surface area contributed by atoms with Crippen molar-refractivity contribution < 1.29 is 33.4 Å². The van der Waals surface area contributed by atoms with Crippen molar-refractivity contribution in [3.05, 3.63) is 58.7 Å². The molecule has 1 aliphatic heterocycles. The lowest BCUT2D eigenvalue weighted by Crippen LogP contribution is -2.35. The molecule has 0 radical (unpaired) electrons. The van der Waals surface area contributed by atoms with Crippen LogP contribution < -0.4 is 15.4 Å². The Bertz CT molecular complexity index is 1130. The molecule has 2 aromatic rings. The average molecular weight is 439 g/mol. The predicted octanol–water partition coefficient (Wildman–Crippen LogP) is 1.14. The van der Waals surface area contributed by atoms with Gasteiger partial charge in [-0.3, -0.25) is 24.1 Å². The number of anilines is 1. The van der Waals surface area contributed by atoms with Crippen LogP contribution in [0.3, 0.4) is 0 Å². The van der Waals surface area contributed by atoms with Crippen molar-refractivity contribution in [1.29, 1.82) is 0 Å². The molecule has 32 heavy (non-hydrogen) atoms. The number of esters is 1. The van der Waals surface area contributed by atoms with Gasteiger partial charge in [0.25, 0.3) is 17.7 Å². The molecule has 3 rings (SSSR count). The molecule has 0 aliphatic carbocycles. The van der Waals surface area contributed by atoms with Crippen molar-refractivity contribution in [2.45, 2.75) is 6.92 Å². The zero-order valence-electron chi connectivity index (χ0n) is 17.7. The van der Waals surface area contributed by atoms with Gasteiger partial charge in [-0.25, -0.2) is 4.79 Å². The largest absolute Gasteiger partial charge is 0.495 e. The summed E-state index contributed by atoms with van der Waals surface area (Å²) in [6, 6.07) is 9.22. The Hall–Kier alpha value is -4.21. The summed E-state index contributed by atoms with van der Waals surface area (Å²) in [5.41, 5.74) is 1.70. The third-order valence-electron chi connectivity index (χ3n) is 4.73. The minimum atomic E-state index is -0.841. The maximum atomic E-state index is 12.2. The Morgan fingerprint density at radius 1 is 0.969 bits per heavy atom. The summed E-state index contributed by atoms with van der Waals surface area (Å²) in [6.45, 7) is 0.900. The van der Waals surface area contributed by atoms with Gasteiger partial charge < -0.3 is 20.1 Å². The molecule has 0 aromatic heterocycles. The van der Waals surface area contributed by atoms with Crippen molar-refractivity contribution in [3.63, 3.8) is 0 Å². The first-order valence-electron chi connectivity index (χ1n) is 9.56. The summed E-state index contributed by atoms with van der Waals surface area (Å²) in [6.07, 6.45) is 0. The number of ether oxygens (including phenoxy) is 2. The van der Waals surface area contributed by atoms with E-state index in [2.05, 4.69) is 10.6 Å². The van der Waals surface area contributed by atoms with Crippen LogP contribution in [0.2, 0.25) is 0 Å². The summed E-state index contributed by atoms with van der Waals surface area (Å²) in [5.74, 6) is -2.51. The van der Waals surface area contributed by atoms with E-state index in [0.717, 1.165) is 10.5 Å². The normalized spacial score (nSPS) is 12.3. The number of hydrogen-bond acceptors (Lipinski definition) is 7. The van der Waals surface area contributed by atoms with E-state index < -0.39 is 36.2 Å². The number of methoxy groups -OCH3 is 1. The van der Waals surface area contributed by atoms with Gasteiger partial charge in [-0.15, -0.1) is 0 Å². The zero-order valence-corrected chi connectivity index (χ0v) is 17.7. The number of carbonyl (C=O) groups is 5. The van der Waals surface area contributed by atoms with E-state index in [0.29, 0.717) is 11.4 Å². The van der Waals surface area contributed by atoms with Crippen LogP contribution in [0.5, 0.6) is 5.75 Å². The molecule has 10 heteroatoms. The molecular formula is C22H21N3O7. The van der Waals surface area contributed by atoms with Gasteiger partial charge in [-0.2, -0.15) is 0 Å². The molecule has 4 amide bonds. The zero-order chi connectivity index (χ0) is 23.4. The first-order chi connectivity index (χ1) is 15.2. The molecule has 0 bridgehead atoms. The number of rotatable bonds is 7. The van der Waals surface area contributed by atoms with Crippen molar-refractivity contribution in [3.8, 4) is 5.75 Å². The standard InChI is InChI=1S/C22H21N3O7/c1-12-4-7-17(31-3)16(8-12)24-18(26)10-23-19(27)11-32-22(30)13-5-6-14-15(9-13)21(29)25(2)20(14)28/h4-9H,10-11H2,1-3H3,(H,23,27)(H,24,26). The number of aryl methyl sites for hydroxylation is 1. The van der Waals surface area contributed by atoms with Gasteiger partial charge in [0.15, 0.2) is 6.61 Å². The molecular weight excluding hydrogens is 418 g/mol. The second-order valence-electron chi connectivity index (χ2n) is 7.03. The highest BCUT2D eigenvalue weighted by atomic mass is 16.5. The number of benzene rings is 2. The lowest BCUT2D eigenvalue weighted by atomic mass is 10.1. The molecule has 1 aliphatic rings. The molecule has 10 nitrogen and oxygen atoms in total. The summed E-state index contributed by atoms with van der Waals surface area (Å²) in [4.78, 5) is 61.1. The van der Waals surface area contributed by atoms with Crippen molar-refractivity contribution in [2.24, 2.45) is 0 Å². The van der Waals surface area contributed by atoms with Crippen LogP contribution in [0.4, 0.5) is 5.69 Å². The highest BCUT2D eigenvalue weighted by Gasteiger charge is 2.33. The molecule has 2 aromatic carbocycles. The quantitative estimate of drug-likeness (QED) is 0.489. The minimum absolute atomic E-state index is 0.0253. The topological polar surface area (TPSA) is 131 Å². The summed E-state index contributed by atoms with van der Waals surface area (Å²) in [5, 5.41) is 4.98. The highest BCUT2D eigenvalue weighted by molar-refractivity contribution is 6.21. The monoisotopic (exact) mass is 439 g/mol. The van der Waals surface area contributed by atoms with Gasteiger partial charge in [0.2, 0.25) is 5.91 Å². The number of fused-ring (bicyclic) bond motifs is 1. The smallest absolute Gasteiger partial charge is 0.338 e. The Morgan fingerprint density at radius 3 is 2.41 bits per heavy atom. The molecule has 1 heterocycles. The average Bonchev–Trinajstić information content (AvgIpc) is 2.99. The molecule has 166 valence electrons. The highest BCUT2D eigenvalue weighted by Crippen LogP contribution is 2.25. The summed E-state index contributed by atoms with van der Waals surface area (Å²) >= 11 is 0. The van der Waals surface area contributed by atoms with E-state index in [-0.39, 0.29) is 23.2 Å². The van der Waals surface area contributed by atoms with E-state index in [4.69, 9.17) is 9.47 Å². The Balaban J connectivity index is 1.50. The van der Waals surface area contributed by atoms with Gasteiger partial charge in [-0.1, -0.05) is 6.07 Å². The number of carbonyl (C=O) groups excluding carboxylic acids is 5. The lowest BCUT2D eigenvalue weighted by Gasteiger charge is -2.11. The second kappa shape index (κ2) is 9.29. The van der Waals surface area contributed by atoms with Crippen molar-refractivity contribution in [1.82, 2.24) is 10.2 Å². The van der Waals surface area contributed by atoms with Crippen LogP contribution in [-0.2, 0) is 14.3 Å². The maximum absolute atomic E-state index is 12.2. The van der Waals surface area contributed by atoms with Crippen LogP contribution >= 0.6 is 0 Å². The number of nitrogens with zero attached hydrogens (tertiary/aromatic N) is 1. The van der Waals surface area contributed by atoms with Gasteiger partial charge in [0, 0.05) is 7.05 Å². The van der Waals surface area contributed by atoms with E-state index in [1.807, 2.05) is 13.0 Å². The number of hydrogen-bond donors (Lipinski definition) is 2. The van der Waals surface area contributed by atoms with E-state index in [1.54, 1.807) is 12.1 Å². The number of nitrogens with one attached hydrogen (secondary N) is 2. The number of imide groups is 1. The molecule has 0 atom stereocenters. The Labute approximate surface area is 183 Å². The summed E-state index contributed by atoms with van der Waals surface area (Å²) in [7, 11) is 2.82. The molecule has 2 N–H and O–H groups in total. The molecule has 0 fully saturated rings. The van der Waals surface area contributed by atoms with Crippen LogP contribution in [-0.4, -0.2) is 61.8 Å². The fourth-order valence-electron chi connectivity index (χ4n) is 3.05. The molecule has 0 spiro atoms. The van der Waals surface area contributed by atoms with Gasteiger partial charge in [0.05, 0.1) is 36.0 Å². The van der Waals surface area contributed by atoms with Crippen LogP contribution in [0.1, 0.15) is 36.6 Å². The van der Waals surface area contributed by atoms with Crippen molar-refractivity contribution >= 4 is 35.3 Å². The first-order valence-corrected chi connectivity index (χ1v) is 9.56. The van der Waals surface area contributed by atoms with Gasteiger partial charge in [0.1, 0.15) is 5.75 Å². The molecule has 0 saturated carbocycles. The first kappa shape index (κ1) is 22.5. The van der Waals surface area contributed by atoms with Crippen LogP contribution in [0.15, 0.2) is 36.4 Å². The van der Waals surface area contributed by atoms with Gasteiger partial charge in [-0.05, 0) is 42.8 Å². The van der Waals surface area contributed by atoms with E-state index in [1.165, 1.54) is 32.4 Å². The van der Waals surface area contributed by atoms with E-state index >= 15 is 0 Å². The summed E-state index contributed by atoms with van der Waals surface area (Å²) < 4.78 is 10.1. The third kappa shape index (κ3) is 4.75. The Kier molecular flexibility index (Phi) is 6.53. The second-order valence-corrected chi connectivity index (χ2v) is 7.03. The lowest BCUT2D eigenvalue weighted by molar-refractivity contribution is -0.126. The van der Waals surface area contributed by atoms with Crippen molar-refractivity contribution in [2.75, 3.05) is 32.6 Å². The third-order valence-corrected chi connectivity index (χ3v) is 4.73. The van der Waals surface area contributed by atoms with Crippen LogP contribution in [0.25, 0.3) is 0 Å². The fraction of sp³-hybridized carbons (Fsp3) is 0.227.